The first kappa shape index (κ1) is 17.6. The minimum absolute atomic E-state index is 0.0611. The highest BCUT2D eigenvalue weighted by atomic mass is 32.2. The summed E-state index contributed by atoms with van der Waals surface area (Å²) in [7, 11) is 0. The number of anilines is 1. The summed E-state index contributed by atoms with van der Waals surface area (Å²) in [5, 5.41) is 11.8. The number of aromatic nitrogens is 2. The number of thioether (sulfide) groups is 1. The molecule has 1 atom stereocenters. The lowest BCUT2D eigenvalue weighted by Gasteiger charge is -2.16. The van der Waals surface area contributed by atoms with Crippen molar-refractivity contribution in [1.82, 2.24) is 10.2 Å². The van der Waals surface area contributed by atoms with E-state index in [0.717, 1.165) is 31.7 Å². The summed E-state index contributed by atoms with van der Waals surface area (Å²) < 4.78 is 0.793. The van der Waals surface area contributed by atoms with Crippen molar-refractivity contribution >= 4 is 34.7 Å². The van der Waals surface area contributed by atoms with E-state index < -0.39 is 0 Å². The van der Waals surface area contributed by atoms with E-state index in [1.807, 2.05) is 63.2 Å². The highest BCUT2D eigenvalue weighted by molar-refractivity contribution is 8.01. The third-order valence-electron chi connectivity index (χ3n) is 3.56. The third-order valence-corrected chi connectivity index (χ3v) is 5.73. The van der Waals surface area contributed by atoms with Crippen molar-refractivity contribution in [2.24, 2.45) is 0 Å². The molecule has 1 heterocycles. The minimum Gasteiger partial charge on any atom is -0.325 e. The van der Waals surface area contributed by atoms with Crippen molar-refractivity contribution < 1.29 is 4.79 Å². The number of hydrogen-bond donors (Lipinski definition) is 1. The second-order valence-corrected chi connectivity index (χ2v) is 8.40. The maximum atomic E-state index is 13.0. The van der Waals surface area contributed by atoms with Crippen LogP contribution in [0.3, 0.4) is 0 Å². The standard InChI is InChI=1S/C19H19N3OS2/c1-12-9-13(2)11-16(10-12)20-18(23)17(15-7-5-4-6-8-15)25-19-22-21-14(3)24-19/h4-11,17H,1-3H3,(H,20,23). The Kier molecular flexibility index (Phi) is 5.50. The smallest absolute Gasteiger partial charge is 0.242 e. The number of carbonyl (C=O) groups excluding carboxylic acids is 1. The van der Waals surface area contributed by atoms with Gasteiger partial charge in [-0.15, -0.1) is 10.2 Å². The Morgan fingerprint density at radius 3 is 2.32 bits per heavy atom. The monoisotopic (exact) mass is 369 g/mol. The topological polar surface area (TPSA) is 54.9 Å². The average Bonchev–Trinajstić information content (AvgIpc) is 2.97. The van der Waals surface area contributed by atoms with Gasteiger partial charge in [-0.25, -0.2) is 0 Å². The van der Waals surface area contributed by atoms with Crippen LogP contribution in [0.2, 0.25) is 0 Å². The highest BCUT2D eigenvalue weighted by Gasteiger charge is 2.24. The Balaban J connectivity index is 1.86. The maximum Gasteiger partial charge on any atom is 0.242 e. The summed E-state index contributed by atoms with van der Waals surface area (Å²) in [4.78, 5) is 13.0. The number of nitrogens with zero attached hydrogens (tertiary/aromatic N) is 2. The molecule has 0 spiro atoms. The van der Waals surface area contributed by atoms with Gasteiger partial charge < -0.3 is 5.32 Å². The second kappa shape index (κ2) is 7.80. The molecule has 1 aromatic heterocycles. The van der Waals surface area contributed by atoms with Crippen LogP contribution in [0.15, 0.2) is 52.9 Å². The number of carbonyl (C=O) groups is 1. The zero-order valence-corrected chi connectivity index (χ0v) is 15.9. The van der Waals surface area contributed by atoms with Crippen LogP contribution in [0.25, 0.3) is 0 Å². The van der Waals surface area contributed by atoms with Gasteiger partial charge in [-0.1, -0.05) is 59.5 Å². The number of hydrogen-bond acceptors (Lipinski definition) is 5. The first-order chi connectivity index (χ1) is 12.0. The lowest BCUT2D eigenvalue weighted by Crippen LogP contribution is -2.19. The number of amides is 1. The van der Waals surface area contributed by atoms with E-state index in [0.29, 0.717) is 0 Å². The molecule has 0 aliphatic heterocycles. The Bertz CT molecular complexity index is 857. The van der Waals surface area contributed by atoms with Crippen molar-refractivity contribution in [2.75, 3.05) is 5.32 Å². The van der Waals surface area contributed by atoms with E-state index in [9.17, 15) is 4.79 Å². The summed E-state index contributed by atoms with van der Waals surface area (Å²) >= 11 is 2.93. The number of rotatable bonds is 5. The molecular formula is C19H19N3OS2. The summed E-state index contributed by atoms with van der Waals surface area (Å²) in [5.41, 5.74) is 4.01. The van der Waals surface area contributed by atoms with E-state index in [2.05, 4.69) is 21.6 Å². The molecule has 0 bridgehead atoms. The molecule has 2 aromatic carbocycles. The molecule has 0 saturated heterocycles. The molecule has 128 valence electrons. The van der Waals surface area contributed by atoms with Gasteiger partial charge in [-0.05, 0) is 49.6 Å². The van der Waals surface area contributed by atoms with Gasteiger partial charge in [0.1, 0.15) is 10.3 Å². The molecule has 1 amide bonds. The third kappa shape index (κ3) is 4.67. The Morgan fingerprint density at radius 1 is 1.04 bits per heavy atom. The predicted molar refractivity (Wildman–Crippen MR) is 104 cm³/mol. The van der Waals surface area contributed by atoms with Crippen LogP contribution in [-0.4, -0.2) is 16.1 Å². The number of nitrogens with one attached hydrogen (secondary N) is 1. The van der Waals surface area contributed by atoms with Gasteiger partial charge in [0.05, 0.1) is 0 Å². The summed E-state index contributed by atoms with van der Waals surface area (Å²) in [6.45, 7) is 5.96. The van der Waals surface area contributed by atoms with Crippen molar-refractivity contribution in [1.29, 1.82) is 0 Å². The number of benzene rings is 2. The van der Waals surface area contributed by atoms with E-state index in [1.165, 1.54) is 23.1 Å². The molecule has 3 rings (SSSR count). The summed E-state index contributed by atoms with van der Waals surface area (Å²) in [6.07, 6.45) is 0. The van der Waals surface area contributed by atoms with E-state index in [4.69, 9.17) is 0 Å². The van der Waals surface area contributed by atoms with E-state index in [-0.39, 0.29) is 11.2 Å². The van der Waals surface area contributed by atoms with Crippen LogP contribution in [0.5, 0.6) is 0 Å². The number of aryl methyl sites for hydroxylation is 3. The van der Waals surface area contributed by atoms with Crippen molar-refractivity contribution in [3.05, 3.63) is 70.2 Å². The first-order valence-corrected chi connectivity index (χ1v) is 9.62. The fraction of sp³-hybridized carbons (Fsp3) is 0.211. The van der Waals surface area contributed by atoms with Gasteiger partial charge in [0.2, 0.25) is 5.91 Å². The predicted octanol–water partition coefficient (Wildman–Crippen LogP) is 4.94. The zero-order chi connectivity index (χ0) is 17.8. The SMILES string of the molecule is Cc1cc(C)cc(NC(=O)C(Sc2nnc(C)s2)c2ccccc2)c1. The minimum atomic E-state index is -0.380. The largest absolute Gasteiger partial charge is 0.325 e. The van der Waals surface area contributed by atoms with Crippen LogP contribution in [-0.2, 0) is 4.79 Å². The first-order valence-electron chi connectivity index (χ1n) is 7.92. The zero-order valence-electron chi connectivity index (χ0n) is 14.3. The van der Waals surface area contributed by atoms with Gasteiger partial charge in [0, 0.05) is 5.69 Å². The van der Waals surface area contributed by atoms with Gasteiger partial charge in [0.15, 0.2) is 4.34 Å². The summed E-state index contributed by atoms with van der Waals surface area (Å²) in [5.74, 6) is -0.0611. The molecule has 0 radical (unpaired) electrons. The molecule has 3 aromatic rings. The lowest BCUT2D eigenvalue weighted by atomic mass is 10.1. The van der Waals surface area contributed by atoms with Crippen molar-refractivity contribution in [2.45, 2.75) is 30.4 Å². The van der Waals surface area contributed by atoms with Crippen LogP contribution in [0.1, 0.15) is 26.9 Å². The molecular weight excluding hydrogens is 350 g/mol. The molecule has 1 N–H and O–H groups in total. The normalized spacial score (nSPS) is 12.0. The van der Waals surface area contributed by atoms with E-state index in [1.54, 1.807) is 0 Å². The quantitative estimate of drug-likeness (QED) is 0.648. The van der Waals surface area contributed by atoms with E-state index >= 15 is 0 Å². The van der Waals surface area contributed by atoms with Gasteiger partial charge >= 0.3 is 0 Å². The Hall–Kier alpha value is -2.18. The highest BCUT2D eigenvalue weighted by Crippen LogP contribution is 2.37. The molecule has 0 aliphatic rings. The molecule has 6 heteroatoms. The maximum absolute atomic E-state index is 13.0. The Labute approximate surface area is 155 Å². The van der Waals surface area contributed by atoms with Crippen LogP contribution in [0.4, 0.5) is 5.69 Å². The summed E-state index contributed by atoms with van der Waals surface area (Å²) in [6, 6.07) is 15.8. The van der Waals surface area contributed by atoms with Crippen LogP contribution >= 0.6 is 23.1 Å². The lowest BCUT2D eigenvalue weighted by molar-refractivity contribution is -0.115. The second-order valence-electron chi connectivity index (χ2n) is 5.86. The molecule has 0 aliphatic carbocycles. The van der Waals surface area contributed by atoms with Crippen LogP contribution < -0.4 is 5.32 Å². The molecule has 1 unspecified atom stereocenters. The van der Waals surface area contributed by atoms with Gasteiger partial charge in [-0.2, -0.15) is 0 Å². The molecule has 25 heavy (non-hydrogen) atoms. The fourth-order valence-corrected chi connectivity index (χ4v) is 4.59. The van der Waals surface area contributed by atoms with Crippen LogP contribution in [0, 0.1) is 20.8 Å². The van der Waals surface area contributed by atoms with Gasteiger partial charge in [-0.3, -0.25) is 4.79 Å². The molecule has 0 fully saturated rings. The molecule has 4 nitrogen and oxygen atoms in total. The van der Waals surface area contributed by atoms with Crippen molar-refractivity contribution in [3.63, 3.8) is 0 Å². The Morgan fingerprint density at radius 2 is 1.72 bits per heavy atom. The average molecular weight is 370 g/mol. The molecule has 0 saturated carbocycles. The van der Waals surface area contributed by atoms with Gasteiger partial charge in [0.25, 0.3) is 0 Å². The fourth-order valence-electron chi connectivity index (χ4n) is 2.58. The van der Waals surface area contributed by atoms with Crippen molar-refractivity contribution in [3.8, 4) is 0 Å².